The number of fused-ring (bicyclic) bond motifs is 6. The fraction of sp³-hybridized carbons (Fsp3) is 0. The lowest BCUT2D eigenvalue weighted by molar-refractivity contribution is 0.670. The average Bonchev–Trinajstić information content (AvgIpc) is 3.89. The van der Waals surface area contributed by atoms with Gasteiger partial charge in [-0.15, -0.1) is 0 Å². The highest BCUT2D eigenvalue weighted by Gasteiger charge is 2.21. The van der Waals surface area contributed by atoms with Gasteiger partial charge in [-0.05, 0) is 63.7 Å². The summed E-state index contributed by atoms with van der Waals surface area (Å²) in [5.41, 5.74) is 14.4. The summed E-state index contributed by atoms with van der Waals surface area (Å²) >= 11 is 0. The monoisotopic (exact) mass is 792 g/mol. The SMILES string of the molecule is c1ccc(-c2ccc(-c3nc(-c4ccc(-c5ccccc5)cc4)nc(-c4cccc5c4oc4cc6c(cc45)c4ccccc4n6-c4ccc(-c5ccccc5)cc4)n3)cc2)cc1. The molecule has 0 bridgehead atoms. The summed E-state index contributed by atoms with van der Waals surface area (Å²) in [6, 6.07) is 76.3. The summed E-state index contributed by atoms with van der Waals surface area (Å²) in [4.78, 5) is 15.4. The normalized spacial score (nSPS) is 11.5. The van der Waals surface area contributed by atoms with E-state index in [1.165, 1.54) is 16.5 Å². The zero-order valence-electron chi connectivity index (χ0n) is 33.5. The van der Waals surface area contributed by atoms with Crippen LogP contribution >= 0.6 is 0 Å². The van der Waals surface area contributed by atoms with Crippen LogP contribution in [0.3, 0.4) is 0 Å². The molecule has 0 spiro atoms. The van der Waals surface area contributed by atoms with Crippen molar-refractivity contribution in [1.29, 1.82) is 0 Å². The zero-order chi connectivity index (χ0) is 41.0. The molecule has 0 saturated heterocycles. The lowest BCUT2D eigenvalue weighted by Crippen LogP contribution is -2.00. The standard InChI is InChI=1S/C57H36N4O/c1-4-13-37(14-5-1)40-23-27-43(28-24-40)55-58-56(44-29-25-41(26-30-44)38-15-6-2-7-16-38)60-57(59-55)48-21-12-20-47-50-35-49-46-19-10-11-22-51(46)61(52(49)36-53(50)62-54(47)48)45-33-31-42(32-34-45)39-17-8-3-9-18-39/h1-36H. The number of rotatable bonds is 7. The van der Waals surface area contributed by atoms with Gasteiger partial charge in [-0.25, -0.2) is 15.0 Å². The molecule has 0 aliphatic carbocycles. The number of para-hydroxylation sites is 2. The van der Waals surface area contributed by atoms with Gasteiger partial charge in [-0.3, -0.25) is 0 Å². The molecule has 3 aromatic heterocycles. The Bertz CT molecular complexity index is 3480. The van der Waals surface area contributed by atoms with E-state index in [0.717, 1.165) is 83.0 Å². The summed E-state index contributed by atoms with van der Waals surface area (Å²) in [5, 5.41) is 4.40. The van der Waals surface area contributed by atoms with Gasteiger partial charge in [0.05, 0.1) is 16.6 Å². The van der Waals surface area contributed by atoms with Crippen LogP contribution in [0.15, 0.2) is 223 Å². The van der Waals surface area contributed by atoms with Gasteiger partial charge in [0.1, 0.15) is 11.2 Å². The minimum absolute atomic E-state index is 0.548. The van der Waals surface area contributed by atoms with Crippen molar-refractivity contribution in [2.75, 3.05) is 0 Å². The van der Waals surface area contributed by atoms with Crippen molar-refractivity contribution in [2.24, 2.45) is 0 Å². The summed E-state index contributed by atoms with van der Waals surface area (Å²) in [6.45, 7) is 0. The van der Waals surface area contributed by atoms with E-state index in [2.05, 4.69) is 199 Å². The van der Waals surface area contributed by atoms with Crippen LogP contribution in [0, 0.1) is 0 Å². The lowest BCUT2D eigenvalue weighted by Gasteiger charge is -2.10. The van der Waals surface area contributed by atoms with Gasteiger partial charge in [0, 0.05) is 44.4 Å². The molecular formula is C57H36N4O. The van der Waals surface area contributed by atoms with Gasteiger partial charge >= 0.3 is 0 Å². The molecule has 0 amide bonds. The predicted octanol–water partition coefficient (Wildman–Crippen LogP) is 14.9. The minimum atomic E-state index is 0.548. The van der Waals surface area contributed by atoms with Crippen molar-refractivity contribution >= 4 is 43.7 Å². The van der Waals surface area contributed by atoms with E-state index in [0.29, 0.717) is 17.5 Å². The number of furan rings is 1. The third-order valence-electron chi connectivity index (χ3n) is 11.9. The van der Waals surface area contributed by atoms with Crippen LogP contribution < -0.4 is 0 Å². The Labute approximate surface area is 357 Å². The average molecular weight is 793 g/mol. The van der Waals surface area contributed by atoms with Crippen molar-refractivity contribution in [1.82, 2.24) is 19.5 Å². The largest absolute Gasteiger partial charge is 0.455 e. The molecule has 0 saturated carbocycles. The highest BCUT2D eigenvalue weighted by atomic mass is 16.3. The molecule has 0 atom stereocenters. The van der Waals surface area contributed by atoms with E-state index in [-0.39, 0.29) is 0 Å². The van der Waals surface area contributed by atoms with Gasteiger partial charge in [0.2, 0.25) is 0 Å². The van der Waals surface area contributed by atoms with Crippen molar-refractivity contribution in [3.63, 3.8) is 0 Å². The van der Waals surface area contributed by atoms with Crippen LogP contribution in [-0.4, -0.2) is 19.5 Å². The van der Waals surface area contributed by atoms with E-state index in [1.807, 2.05) is 24.3 Å². The van der Waals surface area contributed by atoms with Gasteiger partial charge in [-0.2, -0.15) is 0 Å². The highest BCUT2D eigenvalue weighted by molar-refractivity contribution is 6.18. The molecular weight excluding hydrogens is 757 g/mol. The van der Waals surface area contributed by atoms with Crippen LogP contribution in [-0.2, 0) is 0 Å². The van der Waals surface area contributed by atoms with E-state index >= 15 is 0 Å². The first-order valence-electron chi connectivity index (χ1n) is 20.8. The fourth-order valence-electron chi connectivity index (χ4n) is 8.79. The number of hydrogen-bond acceptors (Lipinski definition) is 4. The second-order valence-corrected chi connectivity index (χ2v) is 15.6. The Morgan fingerprint density at radius 1 is 0.306 bits per heavy atom. The second-order valence-electron chi connectivity index (χ2n) is 15.6. The smallest absolute Gasteiger partial charge is 0.167 e. The highest BCUT2D eigenvalue weighted by Crippen LogP contribution is 2.41. The molecule has 290 valence electrons. The maximum atomic E-state index is 6.92. The summed E-state index contributed by atoms with van der Waals surface area (Å²) < 4.78 is 9.25. The Kier molecular flexibility index (Phi) is 8.42. The Morgan fingerprint density at radius 2 is 0.758 bits per heavy atom. The molecule has 0 radical (unpaired) electrons. The summed E-state index contributed by atoms with van der Waals surface area (Å²) in [5.74, 6) is 1.73. The summed E-state index contributed by atoms with van der Waals surface area (Å²) in [7, 11) is 0. The van der Waals surface area contributed by atoms with Crippen molar-refractivity contribution in [2.45, 2.75) is 0 Å². The zero-order valence-corrected chi connectivity index (χ0v) is 33.5. The number of nitrogens with zero attached hydrogens (tertiary/aromatic N) is 4. The molecule has 9 aromatic carbocycles. The third kappa shape index (κ3) is 6.14. The fourth-order valence-corrected chi connectivity index (χ4v) is 8.79. The molecule has 0 N–H and O–H groups in total. The molecule has 3 heterocycles. The molecule has 5 heteroatoms. The first kappa shape index (κ1) is 35.5. The van der Waals surface area contributed by atoms with Crippen LogP contribution in [0.5, 0.6) is 0 Å². The van der Waals surface area contributed by atoms with Gasteiger partial charge in [0.15, 0.2) is 17.5 Å². The quantitative estimate of drug-likeness (QED) is 0.161. The Morgan fingerprint density at radius 3 is 1.32 bits per heavy atom. The van der Waals surface area contributed by atoms with E-state index < -0.39 is 0 Å². The van der Waals surface area contributed by atoms with Crippen LogP contribution in [0.1, 0.15) is 0 Å². The van der Waals surface area contributed by atoms with Crippen molar-refractivity contribution in [3.05, 3.63) is 218 Å². The Hall–Kier alpha value is -8.41. The van der Waals surface area contributed by atoms with Gasteiger partial charge in [0.25, 0.3) is 0 Å². The molecule has 62 heavy (non-hydrogen) atoms. The van der Waals surface area contributed by atoms with Crippen LogP contribution in [0.25, 0.3) is 117 Å². The summed E-state index contributed by atoms with van der Waals surface area (Å²) in [6.07, 6.45) is 0. The second kappa shape index (κ2) is 14.7. The minimum Gasteiger partial charge on any atom is -0.455 e. The lowest BCUT2D eigenvalue weighted by atomic mass is 10.0. The van der Waals surface area contributed by atoms with Crippen LogP contribution in [0.4, 0.5) is 0 Å². The van der Waals surface area contributed by atoms with E-state index in [9.17, 15) is 0 Å². The maximum Gasteiger partial charge on any atom is 0.167 e. The van der Waals surface area contributed by atoms with Crippen molar-refractivity contribution < 1.29 is 4.42 Å². The topological polar surface area (TPSA) is 56.7 Å². The number of aromatic nitrogens is 4. The van der Waals surface area contributed by atoms with Gasteiger partial charge < -0.3 is 8.98 Å². The molecule has 12 aromatic rings. The first-order chi connectivity index (χ1) is 30.7. The molecule has 0 fully saturated rings. The third-order valence-corrected chi connectivity index (χ3v) is 11.9. The predicted molar refractivity (Wildman–Crippen MR) is 254 cm³/mol. The number of hydrogen-bond donors (Lipinski definition) is 0. The van der Waals surface area contributed by atoms with E-state index in [1.54, 1.807) is 0 Å². The molecule has 0 aliphatic rings. The molecule has 0 aliphatic heterocycles. The first-order valence-corrected chi connectivity index (χ1v) is 20.8. The molecule has 12 rings (SSSR count). The number of benzene rings is 9. The van der Waals surface area contributed by atoms with Crippen LogP contribution in [0.2, 0.25) is 0 Å². The van der Waals surface area contributed by atoms with E-state index in [4.69, 9.17) is 19.4 Å². The van der Waals surface area contributed by atoms with Crippen molar-refractivity contribution in [3.8, 4) is 73.2 Å². The Balaban J connectivity index is 1.01. The molecule has 5 nitrogen and oxygen atoms in total. The molecule has 0 unspecified atom stereocenters. The van der Waals surface area contributed by atoms with Gasteiger partial charge in [-0.1, -0.05) is 182 Å². The maximum absolute atomic E-state index is 6.92.